The quantitative estimate of drug-likeness (QED) is 0.653. The number of carboxylic acids is 1. The fourth-order valence-electron chi connectivity index (χ4n) is 2.37. The van der Waals surface area contributed by atoms with Crippen molar-refractivity contribution >= 4 is 17.9 Å². The fraction of sp³-hybridized carbons (Fsp3) is 0.235. The molecule has 0 fully saturated rings. The Morgan fingerprint density at radius 2 is 1.74 bits per heavy atom. The molecule has 1 aromatic heterocycles. The van der Waals surface area contributed by atoms with E-state index in [1.54, 1.807) is 44.2 Å². The zero-order valence-electron chi connectivity index (χ0n) is 12.9. The standard InChI is InChI=1S/C17H17NO5/c1-10-13(8-9-14(19)20)11(2)18-15(10)17(22)23-16(21)12-6-4-3-5-7-12/h3-7,18H,8-9H2,1-2H3,(H,19,20). The molecule has 0 saturated heterocycles. The lowest BCUT2D eigenvalue weighted by Crippen LogP contribution is -2.14. The normalized spacial score (nSPS) is 10.3. The van der Waals surface area contributed by atoms with Crippen molar-refractivity contribution in [3.05, 3.63) is 58.4 Å². The molecule has 0 bridgehead atoms. The highest BCUT2D eigenvalue weighted by molar-refractivity contribution is 6.02. The molecule has 0 radical (unpaired) electrons. The zero-order valence-corrected chi connectivity index (χ0v) is 12.9. The number of hydrogen-bond donors (Lipinski definition) is 2. The van der Waals surface area contributed by atoms with Crippen LogP contribution in [0.25, 0.3) is 0 Å². The number of hydrogen-bond acceptors (Lipinski definition) is 4. The summed E-state index contributed by atoms with van der Waals surface area (Å²) in [6, 6.07) is 8.22. The number of esters is 2. The van der Waals surface area contributed by atoms with Crippen LogP contribution in [-0.2, 0) is 16.0 Å². The predicted octanol–water partition coefficient (Wildman–Crippen LogP) is 2.65. The molecule has 0 aliphatic heterocycles. The molecule has 2 aromatic rings. The molecule has 0 spiro atoms. The van der Waals surface area contributed by atoms with Gasteiger partial charge in [-0.05, 0) is 43.5 Å². The number of nitrogens with one attached hydrogen (secondary N) is 1. The molecule has 120 valence electrons. The van der Waals surface area contributed by atoms with Crippen LogP contribution in [0.5, 0.6) is 0 Å². The Kier molecular flexibility index (Phi) is 4.95. The van der Waals surface area contributed by atoms with Gasteiger partial charge in [-0.1, -0.05) is 18.2 Å². The number of H-pyrrole nitrogens is 1. The van der Waals surface area contributed by atoms with E-state index in [9.17, 15) is 14.4 Å². The van der Waals surface area contributed by atoms with E-state index in [1.165, 1.54) is 0 Å². The maximum atomic E-state index is 12.2. The van der Waals surface area contributed by atoms with Crippen LogP contribution in [0.1, 0.15) is 44.1 Å². The van der Waals surface area contributed by atoms with Gasteiger partial charge in [-0.25, -0.2) is 9.59 Å². The summed E-state index contributed by atoms with van der Waals surface area (Å²) in [7, 11) is 0. The number of aromatic nitrogens is 1. The van der Waals surface area contributed by atoms with E-state index >= 15 is 0 Å². The second-order valence-corrected chi connectivity index (χ2v) is 5.17. The van der Waals surface area contributed by atoms with Crippen molar-refractivity contribution in [1.82, 2.24) is 4.98 Å². The van der Waals surface area contributed by atoms with Gasteiger partial charge in [0, 0.05) is 12.1 Å². The molecule has 0 unspecified atom stereocenters. The largest absolute Gasteiger partial charge is 0.481 e. The molecule has 2 N–H and O–H groups in total. The SMILES string of the molecule is Cc1[nH]c(C(=O)OC(=O)c2ccccc2)c(C)c1CCC(=O)O. The lowest BCUT2D eigenvalue weighted by atomic mass is 10.1. The number of aryl methyl sites for hydroxylation is 1. The number of carbonyl (C=O) groups is 3. The van der Waals surface area contributed by atoms with Crippen molar-refractivity contribution in [1.29, 1.82) is 0 Å². The van der Waals surface area contributed by atoms with Crippen molar-refractivity contribution in [3.63, 3.8) is 0 Å². The first-order chi connectivity index (χ1) is 10.9. The number of aliphatic carboxylic acids is 1. The molecule has 0 atom stereocenters. The van der Waals surface area contributed by atoms with E-state index in [0.717, 1.165) is 5.56 Å². The molecule has 1 heterocycles. The number of ether oxygens (including phenoxy) is 1. The second-order valence-electron chi connectivity index (χ2n) is 5.17. The van der Waals surface area contributed by atoms with Gasteiger partial charge in [0.2, 0.25) is 0 Å². The van der Waals surface area contributed by atoms with Gasteiger partial charge in [0.1, 0.15) is 5.69 Å². The molecule has 6 nitrogen and oxygen atoms in total. The summed E-state index contributed by atoms with van der Waals surface area (Å²) in [5, 5.41) is 8.77. The molecule has 0 aliphatic rings. The Hall–Kier alpha value is -2.89. The van der Waals surface area contributed by atoms with E-state index in [-0.39, 0.29) is 17.7 Å². The van der Waals surface area contributed by atoms with Gasteiger partial charge >= 0.3 is 17.9 Å². The molecular formula is C17H17NO5. The Balaban J connectivity index is 2.15. The topological polar surface area (TPSA) is 96.5 Å². The lowest BCUT2D eigenvalue weighted by molar-refractivity contribution is -0.136. The highest BCUT2D eigenvalue weighted by Gasteiger charge is 2.21. The summed E-state index contributed by atoms with van der Waals surface area (Å²) in [4.78, 5) is 37.6. The minimum atomic E-state index is -0.909. The van der Waals surface area contributed by atoms with E-state index in [0.29, 0.717) is 17.7 Å². The minimum Gasteiger partial charge on any atom is -0.481 e. The zero-order chi connectivity index (χ0) is 17.0. The smallest absolute Gasteiger partial charge is 0.362 e. The molecule has 2 rings (SSSR count). The van der Waals surface area contributed by atoms with Crippen LogP contribution in [0.4, 0.5) is 0 Å². The minimum absolute atomic E-state index is 0.0308. The average Bonchev–Trinajstić information content (AvgIpc) is 2.80. The fourth-order valence-corrected chi connectivity index (χ4v) is 2.37. The summed E-state index contributed by atoms with van der Waals surface area (Å²) in [6.07, 6.45) is 0.278. The Labute approximate surface area is 133 Å². The van der Waals surface area contributed by atoms with Crippen LogP contribution < -0.4 is 0 Å². The van der Waals surface area contributed by atoms with Crippen molar-refractivity contribution in [2.75, 3.05) is 0 Å². The van der Waals surface area contributed by atoms with Crippen molar-refractivity contribution in [2.45, 2.75) is 26.7 Å². The van der Waals surface area contributed by atoms with Crippen LogP contribution in [0.3, 0.4) is 0 Å². The van der Waals surface area contributed by atoms with Crippen molar-refractivity contribution < 1.29 is 24.2 Å². The number of aromatic amines is 1. The lowest BCUT2D eigenvalue weighted by Gasteiger charge is -2.03. The van der Waals surface area contributed by atoms with Crippen LogP contribution in [0.15, 0.2) is 30.3 Å². The van der Waals surface area contributed by atoms with Gasteiger partial charge in [0.25, 0.3) is 0 Å². The third kappa shape index (κ3) is 3.85. The summed E-state index contributed by atoms with van der Waals surface area (Å²) < 4.78 is 4.87. The third-order valence-corrected chi connectivity index (χ3v) is 3.58. The van der Waals surface area contributed by atoms with Crippen molar-refractivity contribution in [2.24, 2.45) is 0 Å². The molecular weight excluding hydrogens is 298 g/mol. The van der Waals surface area contributed by atoms with E-state index in [2.05, 4.69) is 4.98 Å². The van der Waals surface area contributed by atoms with Gasteiger partial charge in [-0.3, -0.25) is 4.79 Å². The third-order valence-electron chi connectivity index (χ3n) is 3.58. The average molecular weight is 315 g/mol. The molecule has 1 aromatic carbocycles. The molecule has 23 heavy (non-hydrogen) atoms. The van der Waals surface area contributed by atoms with Gasteiger partial charge < -0.3 is 14.8 Å². The summed E-state index contributed by atoms with van der Waals surface area (Å²) in [6.45, 7) is 3.45. The first-order valence-corrected chi connectivity index (χ1v) is 7.11. The van der Waals surface area contributed by atoms with E-state index in [1.807, 2.05) is 0 Å². The van der Waals surface area contributed by atoms with Crippen LogP contribution in [0, 0.1) is 13.8 Å². The first-order valence-electron chi connectivity index (χ1n) is 7.11. The number of carboxylic acid groups (broad SMARTS) is 1. The number of carbonyl (C=O) groups excluding carboxylic acids is 2. The Morgan fingerprint density at radius 3 is 2.35 bits per heavy atom. The predicted molar refractivity (Wildman–Crippen MR) is 82.4 cm³/mol. The first kappa shape index (κ1) is 16.5. The van der Waals surface area contributed by atoms with E-state index < -0.39 is 17.9 Å². The van der Waals surface area contributed by atoms with Crippen LogP contribution >= 0.6 is 0 Å². The summed E-state index contributed by atoms with van der Waals surface area (Å²) in [5.74, 6) is -2.41. The Morgan fingerprint density at radius 1 is 1.09 bits per heavy atom. The van der Waals surface area contributed by atoms with Gasteiger partial charge in [0.15, 0.2) is 0 Å². The summed E-state index contributed by atoms with van der Waals surface area (Å²) >= 11 is 0. The highest BCUT2D eigenvalue weighted by atomic mass is 16.6. The Bertz CT molecular complexity index is 746. The monoisotopic (exact) mass is 315 g/mol. The van der Waals surface area contributed by atoms with Crippen LogP contribution in [-0.4, -0.2) is 28.0 Å². The van der Waals surface area contributed by atoms with Crippen molar-refractivity contribution in [3.8, 4) is 0 Å². The van der Waals surface area contributed by atoms with E-state index in [4.69, 9.17) is 9.84 Å². The molecule has 0 aliphatic carbocycles. The number of benzene rings is 1. The maximum Gasteiger partial charge on any atom is 0.362 e. The van der Waals surface area contributed by atoms with Gasteiger partial charge in [-0.15, -0.1) is 0 Å². The van der Waals surface area contributed by atoms with Gasteiger partial charge in [0.05, 0.1) is 5.56 Å². The summed E-state index contributed by atoms with van der Waals surface area (Å²) in [5.41, 5.74) is 2.52. The number of rotatable bonds is 5. The molecule has 6 heteroatoms. The molecule has 0 saturated carbocycles. The molecule has 0 amide bonds. The van der Waals surface area contributed by atoms with Crippen LogP contribution in [0.2, 0.25) is 0 Å². The highest BCUT2D eigenvalue weighted by Crippen LogP contribution is 2.20. The maximum absolute atomic E-state index is 12.2. The second kappa shape index (κ2) is 6.91. The van der Waals surface area contributed by atoms with Gasteiger partial charge in [-0.2, -0.15) is 0 Å².